The number of thiazole rings is 1. The molecule has 0 radical (unpaired) electrons. The predicted molar refractivity (Wildman–Crippen MR) is 111 cm³/mol. The minimum atomic E-state index is 0.0110. The van der Waals surface area contributed by atoms with E-state index in [1.54, 1.807) is 25.5 Å². The van der Waals surface area contributed by atoms with Crippen LogP contribution in [0.15, 0.2) is 28.6 Å². The van der Waals surface area contributed by atoms with Gasteiger partial charge in [-0.05, 0) is 31.0 Å². The number of halogens is 2. The number of ether oxygens (including phenoxy) is 1. The van der Waals surface area contributed by atoms with E-state index in [1.165, 1.54) is 0 Å². The first-order chi connectivity index (χ1) is 12.5. The summed E-state index contributed by atoms with van der Waals surface area (Å²) in [6.07, 6.45) is 0.731. The van der Waals surface area contributed by atoms with Gasteiger partial charge < -0.3 is 15.0 Å². The quantitative estimate of drug-likeness (QED) is 0.538. The molecule has 1 unspecified atom stereocenters. The molecule has 0 saturated heterocycles. The molecule has 1 aromatic carbocycles. The van der Waals surface area contributed by atoms with Gasteiger partial charge in [-0.3, -0.25) is 4.99 Å². The highest BCUT2D eigenvalue weighted by molar-refractivity contribution is 7.09. The van der Waals surface area contributed by atoms with Gasteiger partial charge >= 0.3 is 0 Å². The third kappa shape index (κ3) is 5.58. The molecule has 1 atom stereocenters. The number of benzene rings is 1. The highest BCUT2D eigenvalue weighted by Crippen LogP contribution is 2.24. The molecule has 0 aliphatic carbocycles. The second kappa shape index (κ2) is 10.1. The molecule has 0 fully saturated rings. The molecule has 5 nitrogen and oxygen atoms in total. The van der Waals surface area contributed by atoms with Crippen LogP contribution < -0.4 is 5.32 Å². The first-order valence-corrected chi connectivity index (χ1v) is 9.91. The number of rotatable bonds is 7. The number of hydrogen-bond donors (Lipinski definition) is 1. The maximum Gasteiger partial charge on any atom is 0.193 e. The Balaban J connectivity index is 1.90. The van der Waals surface area contributed by atoms with Crippen molar-refractivity contribution in [2.45, 2.75) is 26.0 Å². The van der Waals surface area contributed by atoms with E-state index < -0.39 is 0 Å². The highest BCUT2D eigenvalue weighted by atomic mass is 35.5. The first-order valence-electron chi connectivity index (χ1n) is 8.28. The average Bonchev–Trinajstić information content (AvgIpc) is 3.08. The summed E-state index contributed by atoms with van der Waals surface area (Å²) in [5.41, 5.74) is 1.94. The number of nitrogens with one attached hydrogen (secondary N) is 1. The van der Waals surface area contributed by atoms with E-state index in [0.29, 0.717) is 23.1 Å². The third-order valence-electron chi connectivity index (χ3n) is 3.96. The molecule has 0 saturated carbocycles. The van der Waals surface area contributed by atoms with Crippen molar-refractivity contribution in [1.82, 2.24) is 15.2 Å². The van der Waals surface area contributed by atoms with Crippen LogP contribution in [0, 0.1) is 0 Å². The van der Waals surface area contributed by atoms with Gasteiger partial charge in [-0.25, -0.2) is 4.98 Å². The minimum Gasteiger partial charge on any atom is -0.375 e. The molecule has 2 aromatic rings. The summed E-state index contributed by atoms with van der Waals surface area (Å²) in [6, 6.07) is 5.55. The lowest BCUT2D eigenvalue weighted by Gasteiger charge is -2.21. The average molecular weight is 415 g/mol. The maximum absolute atomic E-state index is 6.22. The monoisotopic (exact) mass is 414 g/mol. The summed E-state index contributed by atoms with van der Waals surface area (Å²) in [4.78, 5) is 11.0. The van der Waals surface area contributed by atoms with Gasteiger partial charge in [0.2, 0.25) is 0 Å². The largest absolute Gasteiger partial charge is 0.375 e. The molecule has 0 aliphatic heterocycles. The van der Waals surface area contributed by atoms with Gasteiger partial charge in [-0.1, -0.05) is 29.3 Å². The molecular weight excluding hydrogens is 391 g/mol. The van der Waals surface area contributed by atoms with Crippen LogP contribution >= 0.6 is 34.5 Å². The van der Waals surface area contributed by atoms with Crippen molar-refractivity contribution in [2.75, 3.05) is 27.7 Å². The summed E-state index contributed by atoms with van der Waals surface area (Å²) in [6.45, 7) is 3.34. The maximum atomic E-state index is 6.22. The molecule has 2 rings (SSSR count). The van der Waals surface area contributed by atoms with Crippen LogP contribution in [0.25, 0.3) is 0 Å². The fourth-order valence-electron chi connectivity index (χ4n) is 2.46. The zero-order chi connectivity index (χ0) is 19.1. The molecule has 0 amide bonds. The molecular formula is C18H24Cl2N4OS. The Labute approximate surface area is 169 Å². The first kappa shape index (κ1) is 21.0. The number of nitrogens with zero attached hydrogens (tertiary/aromatic N) is 3. The lowest BCUT2D eigenvalue weighted by molar-refractivity contribution is 0.119. The number of guanidine groups is 1. The van der Waals surface area contributed by atoms with Gasteiger partial charge in [-0.2, -0.15) is 0 Å². The molecule has 1 aromatic heterocycles. The van der Waals surface area contributed by atoms with Crippen LogP contribution in [-0.4, -0.2) is 43.6 Å². The lowest BCUT2D eigenvalue weighted by Crippen LogP contribution is -2.39. The van der Waals surface area contributed by atoms with Crippen LogP contribution in [0.4, 0.5) is 0 Å². The van der Waals surface area contributed by atoms with Crippen LogP contribution in [0.5, 0.6) is 0 Å². The van der Waals surface area contributed by atoms with Crippen LogP contribution in [0.2, 0.25) is 10.0 Å². The molecule has 8 heteroatoms. The van der Waals surface area contributed by atoms with E-state index >= 15 is 0 Å². The normalized spacial score (nSPS) is 12.9. The zero-order valence-electron chi connectivity index (χ0n) is 15.4. The summed E-state index contributed by atoms with van der Waals surface area (Å²) in [5.74, 6) is 0.794. The van der Waals surface area contributed by atoms with E-state index in [2.05, 4.69) is 20.7 Å². The summed E-state index contributed by atoms with van der Waals surface area (Å²) >= 11 is 14.0. The highest BCUT2D eigenvalue weighted by Gasteiger charge is 2.13. The lowest BCUT2D eigenvalue weighted by atomic mass is 10.1. The fourth-order valence-corrected chi connectivity index (χ4v) is 3.88. The number of methoxy groups -OCH3 is 1. The third-order valence-corrected chi connectivity index (χ3v) is 5.73. The number of hydrogen-bond acceptors (Lipinski definition) is 4. The van der Waals surface area contributed by atoms with E-state index in [1.807, 2.05) is 37.1 Å². The van der Waals surface area contributed by atoms with Crippen molar-refractivity contribution in [1.29, 1.82) is 0 Å². The molecule has 142 valence electrons. The molecule has 1 heterocycles. The molecule has 1 N–H and O–H groups in total. The van der Waals surface area contributed by atoms with Gasteiger partial charge in [0.15, 0.2) is 5.96 Å². The Kier molecular flexibility index (Phi) is 8.15. The fraction of sp³-hybridized carbons (Fsp3) is 0.444. The van der Waals surface area contributed by atoms with Gasteiger partial charge in [0.05, 0.1) is 12.2 Å². The minimum absolute atomic E-state index is 0.0110. The van der Waals surface area contributed by atoms with Gasteiger partial charge in [0, 0.05) is 43.2 Å². The Morgan fingerprint density at radius 1 is 1.38 bits per heavy atom. The molecule has 0 aliphatic rings. The Hall–Kier alpha value is -1.34. The topological polar surface area (TPSA) is 49.8 Å². The van der Waals surface area contributed by atoms with Gasteiger partial charge in [-0.15, -0.1) is 11.3 Å². The van der Waals surface area contributed by atoms with E-state index in [9.17, 15) is 0 Å². The van der Waals surface area contributed by atoms with Crippen molar-refractivity contribution in [3.05, 3.63) is 49.9 Å². The Morgan fingerprint density at radius 3 is 2.69 bits per heavy atom. The molecule has 0 spiro atoms. The SMILES string of the molecule is CN=C(NCCc1c(Cl)cccc1Cl)N(C)Cc1csc(C(C)OC)n1. The predicted octanol–water partition coefficient (Wildman–Crippen LogP) is 4.41. The van der Waals surface area contributed by atoms with Crippen LogP contribution in [-0.2, 0) is 17.7 Å². The molecule has 0 bridgehead atoms. The second-order valence-electron chi connectivity index (χ2n) is 5.84. The van der Waals surface area contributed by atoms with Crippen molar-refractivity contribution >= 4 is 40.5 Å². The van der Waals surface area contributed by atoms with Crippen molar-refractivity contribution < 1.29 is 4.74 Å². The summed E-state index contributed by atoms with van der Waals surface area (Å²) in [7, 11) is 5.44. The Morgan fingerprint density at radius 2 is 2.08 bits per heavy atom. The van der Waals surface area contributed by atoms with Crippen molar-refractivity contribution in [2.24, 2.45) is 4.99 Å². The van der Waals surface area contributed by atoms with Gasteiger partial charge in [0.1, 0.15) is 11.1 Å². The van der Waals surface area contributed by atoms with Crippen LogP contribution in [0.1, 0.15) is 29.3 Å². The molecule has 26 heavy (non-hydrogen) atoms. The van der Waals surface area contributed by atoms with Crippen molar-refractivity contribution in [3.63, 3.8) is 0 Å². The van der Waals surface area contributed by atoms with Crippen molar-refractivity contribution in [3.8, 4) is 0 Å². The zero-order valence-corrected chi connectivity index (χ0v) is 17.8. The van der Waals surface area contributed by atoms with E-state index in [-0.39, 0.29) is 6.10 Å². The summed E-state index contributed by atoms with van der Waals surface area (Å²) < 4.78 is 5.31. The number of aromatic nitrogens is 1. The van der Waals surface area contributed by atoms with E-state index in [0.717, 1.165) is 28.6 Å². The summed E-state index contributed by atoms with van der Waals surface area (Å²) in [5, 5.41) is 7.75. The Bertz CT molecular complexity index is 730. The number of aliphatic imine (C=N–C) groups is 1. The van der Waals surface area contributed by atoms with Crippen LogP contribution in [0.3, 0.4) is 0 Å². The van der Waals surface area contributed by atoms with E-state index in [4.69, 9.17) is 27.9 Å². The standard InChI is InChI=1S/C18H24Cl2N4OS/c1-12(25-4)17-23-13(11-26-17)10-24(3)18(21-2)22-9-8-14-15(19)6-5-7-16(14)20/h5-7,11-12H,8-10H2,1-4H3,(H,21,22). The second-order valence-corrected chi connectivity index (χ2v) is 7.54. The van der Waals surface area contributed by atoms with Gasteiger partial charge in [0.25, 0.3) is 0 Å². The smallest absolute Gasteiger partial charge is 0.193 e.